The molecule has 0 radical (unpaired) electrons. The number of esters is 1. The molecule has 32 heavy (non-hydrogen) atoms. The lowest BCUT2D eigenvalue weighted by molar-refractivity contribution is -0.111. The Labute approximate surface area is 184 Å². The van der Waals surface area contributed by atoms with E-state index in [4.69, 9.17) is 14.1 Å². The molecule has 0 atom stereocenters. The van der Waals surface area contributed by atoms with Gasteiger partial charge in [-0.3, -0.25) is 4.79 Å². The number of carbonyl (C=O) groups is 2. The number of hydrogen-bond donors (Lipinski definition) is 1. The zero-order chi connectivity index (χ0) is 22.7. The van der Waals surface area contributed by atoms with Crippen LogP contribution in [0.2, 0.25) is 0 Å². The fourth-order valence-corrected chi connectivity index (χ4v) is 3.36. The van der Waals surface area contributed by atoms with E-state index in [1.807, 2.05) is 38.1 Å². The monoisotopic (exact) mass is 430 g/mol. The first kappa shape index (κ1) is 21.0. The van der Waals surface area contributed by atoms with Crippen LogP contribution in [0.4, 0.5) is 5.82 Å². The van der Waals surface area contributed by atoms with E-state index in [9.17, 15) is 9.59 Å². The topological polar surface area (TPSA) is 99.2 Å². The number of pyridine rings is 1. The van der Waals surface area contributed by atoms with Gasteiger partial charge >= 0.3 is 5.97 Å². The van der Waals surface area contributed by atoms with Gasteiger partial charge in [0.2, 0.25) is 5.91 Å². The van der Waals surface area contributed by atoms with Crippen LogP contribution in [0.3, 0.4) is 0 Å². The molecule has 1 amide bonds. The molecule has 4 rings (SSSR count). The Hall–Kier alpha value is -4.20. The minimum atomic E-state index is -0.585. The lowest BCUT2D eigenvalue weighted by atomic mass is 10.1. The molecular formula is C24H22N4O4. The molecule has 0 fully saturated rings. The molecule has 0 aliphatic carbocycles. The van der Waals surface area contributed by atoms with Gasteiger partial charge in [-0.2, -0.15) is 9.78 Å². The number of amides is 1. The number of aryl methyl sites for hydroxylation is 2. The van der Waals surface area contributed by atoms with Crippen molar-refractivity contribution >= 4 is 34.7 Å². The highest BCUT2D eigenvalue weighted by molar-refractivity contribution is 6.05. The van der Waals surface area contributed by atoms with Crippen LogP contribution in [-0.4, -0.2) is 33.2 Å². The van der Waals surface area contributed by atoms with E-state index in [1.165, 1.54) is 29.3 Å². The highest BCUT2D eigenvalue weighted by Crippen LogP contribution is 2.26. The number of fused-ring (bicyclic) bond motifs is 1. The van der Waals surface area contributed by atoms with Gasteiger partial charge in [0.05, 0.1) is 24.6 Å². The average Bonchev–Trinajstić information content (AvgIpc) is 3.43. The van der Waals surface area contributed by atoms with Crippen molar-refractivity contribution < 1.29 is 18.7 Å². The number of aromatic nitrogens is 3. The summed E-state index contributed by atoms with van der Waals surface area (Å²) in [5.74, 6) is 0.143. The summed E-state index contributed by atoms with van der Waals surface area (Å²) in [7, 11) is 0. The molecule has 0 aliphatic rings. The number of nitrogens with zero attached hydrogens (tertiary/aromatic N) is 3. The van der Waals surface area contributed by atoms with E-state index in [0.29, 0.717) is 11.6 Å². The minimum absolute atomic E-state index is 0.135. The highest BCUT2D eigenvalue weighted by Gasteiger charge is 2.22. The zero-order valence-electron chi connectivity index (χ0n) is 18.0. The van der Waals surface area contributed by atoms with Gasteiger partial charge in [-0.1, -0.05) is 18.2 Å². The van der Waals surface area contributed by atoms with Crippen LogP contribution >= 0.6 is 0 Å². The molecule has 0 saturated heterocycles. The van der Waals surface area contributed by atoms with Gasteiger partial charge in [0, 0.05) is 11.5 Å². The van der Waals surface area contributed by atoms with Gasteiger partial charge in [0.25, 0.3) is 0 Å². The predicted octanol–water partition coefficient (Wildman–Crippen LogP) is 4.46. The van der Waals surface area contributed by atoms with Crippen molar-refractivity contribution in [2.24, 2.45) is 0 Å². The van der Waals surface area contributed by atoms with Crippen molar-refractivity contribution in [2.75, 3.05) is 11.9 Å². The first-order valence-electron chi connectivity index (χ1n) is 10.1. The third-order valence-electron chi connectivity index (χ3n) is 4.90. The summed E-state index contributed by atoms with van der Waals surface area (Å²) in [5.41, 5.74) is 2.97. The Bertz CT molecular complexity index is 1320. The maximum Gasteiger partial charge on any atom is 0.343 e. The zero-order valence-corrected chi connectivity index (χ0v) is 18.0. The van der Waals surface area contributed by atoms with Gasteiger partial charge in [-0.25, -0.2) is 9.78 Å². The highest BCUT2D eigenvalue weighted by atomic mass is 16.5. The van der Waals surface area contributed by atoms with Gasteiger partial charge in [-0.15, -0.1) is 0 Å². The fourth-order valence-electron chi connectivity index (χ4n) is 3.36. The number of anilines is 1. The molecule has 3 heterocycles. The van der Waals surface area contributed by atoms with Crippen molar-refractivity contribution in [3.8, 4) is 5.82 Å². The average molecular weight is 430 g/mol. The van der Waals surface area contributed by atoms with Gasteiger partial charge in [0.1, 0.15) is 11.3 Å². The Morgan fingerprint density at radius 3 is 2.78 bits per heavy atom. The van der Waals surface area contributed by atoms with Crippen LogP contribution in [-0.2, 0) is 9.53 Å². The van der Waals surface area contributed by atoms with E-state index < -0.39 is 11.9 Å². The Morgan fingerprint density at radius 2 is 2.03 bits per heavy atom. The lowest BCUT2D eigenvalue weighted by Crippen LogP contribution is -2.16. The summed E-state index contributed by atoms with van der Waals surface area (Å²) < 4.78 is 11.8. The number of furan rings is 1. The van der Waals surface area contributed by atoms with E-state index in [2.05, 4.69) is 10.4 Å². The van der Waals surface area contributed by atoms with Crippen LogP contribution in [0.25, 0.3) is 22.8 Å². The molecule has 162 valence electrons. The van der Waals surface area contributed by atoms with Crippen LogP contribution < -0.4 is 5.32 Å². The molecular weight excluding hydrogens is 408 g/mol. The van der Waals surface area contributed by atoms with Crippen LogP contribution in [0.15, 0.2) is 59.4 Å². The van der Waals surface area contributed by atoms with Crippen molar-refractivity contribution in [3.63, 3.8) is 0 Å². The fraction of sp³-hybridized carbons (Fsp3) is 0.167. The first-order chi connectivity index (χ1) is 15.5. The molecule has 0 saturated carbocycles. The van der Waals surface area contributed by atoms with Gasteiger partial charge < -0.3 is 14.5 Å². The number of rotatable bonds is 6. The smallest absolute Gasteiger partial charge is 0.343 e. The number of benzene rings is 1. The third kappa shape index (κ3) is 4.15. The summed E-state index contributed by atoms with van der Waals surface area (Å²) >= 11 is 0. The SMILES string of the molecule is CCOC(=O)c1cnn(-c2cc(C)c3cccc(C)c3n2)c1NC(=O)/C=C/c1ccco1. The second-order valence-electron chi connectivity index (χ2n) is 7.15. The molecule has 8 nitrogen and oxygen atoms in total. The molecule has 0 aliphatic heterocycles. The van der Waals surface area contributed by atoms with E-state index >= 15 is 0 Å². The number of carbonyl (C=O) groups excluding carboxylic acids is 2. The van der Waals surface area contributed by atoms with Crippen molar-refractivity contribution in [3.05, 3.63) is 77.4 Å². The molecule has 3 aromatic heterocycles. The largest absolute Gasteiger partial charge is 0.465 e. The summed E-state index contributed by atoms with van der Waals surface area (Å²) in [4.78, 5) is 29.8. The summed E-state index contributed by atoms with van der Waals surface area (Å²) in [5, 5.41) is 8.09. The quantitative estimate of drug-likeness (QED) is 0.358. The maximum absolute atomic E-state index is 12.6. The standard InChI is InChI=1S/C24H22N4O4/c1-4-31-24(30)19-14-25-28(23(19)27-21(29)11-10-17-8-6-12-32-17)20-13-16(3)18-9-5-7-15(2)22(18)26-20/h5-14H,4H2,1-3H3,(H,27,29)/b11-10+. The van der Waals surface area contributed by atoms with Gasteiger partial charge in [0.15, 0.2) is 11.6 Å². The number of nitrogens with one attached hydrogen (secondary N) is 1. The molecule has 0 unspecified atom stereocenters. The van der Waals surface area contributed by atoms with Gasteiger partial charge in [-0.05, 0) is 56.2 Å². The van der Waals surface area contributed by atoms with Crippen molar-refractivity contribution in [2.45, 2.75) is 20.8 Å². The van der Waals surface area contributed by atoms with Crippen LogP contribution in [0.5, 0.6) is 0 Å². The lowest BCUT2D eigenvalue weighted by Gasteiger charge is -2.12. The normalized spacial score (nSPS) is 11.2. The van der Waals surface area contributed by atoms with Crippen LogP contribution in [0, 0.1) is 13.8 Å². The molecule has 1 aromatic carbocycles. The third-order valence-corrected chi connectivity index (χ3v) is 4.90. The van der Waals surface area contributed by atoms with Crippen molar-refractivity contribution in [1.29, 1.82) is 0 Å². The molecule has 1 N–H and O–H groups in total. The van der Waals surface area contributed by atoms with E-state index in [-0.39, 0.29) is 18.0 Å². The summed E-state index contributed by atoms with van der Waals surface area (Å²) in [6, 6.07) is 11.3. The number of para-hydroxylation sites is 1. The molecule has 0 spiro atoms. The Balaban J connectivity index is 1.77. The minimum Gasteiger partial charge on any atom is -0.465 e. The van der Waals surface area contributed by atoms with Crippen molar-refractivity contribution in [1.82, 2.24) is 14.8 Å². The molecule has 0 bridgehead atoms. The maximum atomic E-state index is 12.6. The second-order valence-corrected chi connectivity index (χ2v) is 7.15. The second kappa shape index (κ2) is 8.89. The van der Waals surface area contributed by atoms with Crippen LogP contribution in [0.1, 0.15) is 34.2 Å². The Kier molecular flexibility index (Phi) is 5.85. The first-order valence-corrected chi connectivity index (χ1v) is 10.1. The van der Waals surface area contributed by atoms with E-state index in [0.717, 1.165) is 22.0 Å². The van der Waals surface area contributed by atoms with E-state index in [1.54, 1.807) is 19.1 Å². The Morgan fingerprint density at radius 1 is 1.19 bits per heavy atom. The predicted molar refractivity (Wildman–Crippen MR) is 121 cm³/mol. The summed E-state index contributed by atoms with van der Waals surface area (Å²) in [6.45, 7) is 5.87. The number of ether oxygens (including phenoxy) is 1. The molecule has 4 aromatic rings. The number of hydrogen-bond acceptors (Lipinski definition) is 6. The summed E-state index contributed by atoms with van der Waals surface area (Å²) in [6.07, 6.45) is 5.72. The molecule has 8 heteroatoms.